The molecule has 0 atom stereocenters. The molecule has 0 bridgehead atoms. The van der Waals surface area contributed by atoms with E-state index in [1.54, 1.807) is 6.07 Å². The van der Waals surface area contributed by atoms with Crippen molar-refractivity contribution < 1.29 is 9.72 Å². The lowest BCUT2D eigenvalue weighted by atomic mass is 10.2. The number of nitro benzene ring substituents is 1. The molecule has 2 aromatic carbocycles. The highest BCUT2D eigenvalue weighted by atomic mass is 16.6. The van der Waals surface area contributed by atoms with Crippen LogP contribution in [0.1, 0.15) is 24.2 Å². The van der Waals surface area contributed by atoms with Crippen LogP contribution in [0.4, 0.5) is 11.6 Å². The van der Waals surface area contributed by atoms with E-state index < -0.39 is 10.8 Å². The van der Waals surface area contributed by atoms with Crippen LogP contribution in [0.3, 0.4) is 0 Å². The van der Waals surface area contributed by atoms with Gasteiger partial charge >= 0.3 is 0 Å². The van der Waals surface area contributed by atoms with Crippen LogP contribution in [0.25, 0.3) is 11.0 Å². The molecule has 0 saturated carbocycles. The highest BCUT2D eigenvalue weighted by Gasteiger charge is 2.18. The Morgan fingerprint density at radius 3 is 2.50 bits per heavy atom. The highest BCUT2D eigenvalue weighted by molar-refractivity contribution is 6.04. The molecular weight excluding hydrogens is 408 g/mol. The maximum Gasteiger partial charge on any atom is 0.270 e. The summed E-state index contributed by atoms with van der Waals surface area (Å²) in [7, 11) is 2.13. The minimum atomic E-state index is -0.512. The molecule has 1 fully saturated rings. The largest absolute Gasteiger partial charge is 0.309 e. The van der Waals surface area contributed by atoms with Crippen molar-refractivity contribution >= 4 is 28.6 Å². The van der Waals surface area contributed by atoms with Crippen LogP contribution in [0.2, 0.25) is 0 Å². The van der Waals surface area contributed by atoms with E-state index in [1.807, 2.05) is 42.7 Å². The minimum Gasteiger partial charge on any atom is -0.309 e. The number of amides is 1. The number of para-hydroxylation sites is 2. The number of rotatable bonds is 6. The van der Waals surface area contributed by atoms with Crippen molar-refractivity contribution in [2.24, 2.45) is 0 Å². The molecule has 4 rings (SSSR count). The summed E-state index contributed by atoms with van der Waals surface area (Å²) >= 11 is 0. The van der Waals surface area contributed by atoms with Gasteiger partial charge < -0.3 is 9.47 Å². The molecule has 1 aliphatic rings. The number of aromatic nitrogens is 2. The average Bonchev–Trinajstić information content (AvgIpc) is 3.17. The molecule has 1 aromatic heterocycles. The Morgan fingerprint density at radius 2 is 1.78 bits per heavy atom. The molecule has 1 aliphatic heterocycles. The molecule has 9 nitrogen and oxygen atoms in total. The maximum absolute atomic E-state index is 12.8. The van der Waals surface area contributed by atoms with Gasteiger partial charge in [-0.25, -0.2) is 4.98 Å². The quantitative estimate of drug-likeness (QED) is 0.468. The van der Waals surface area contributed by atoms with E-state index in [9.17, 15) is 14.9 Å². The zero-order valence-corrected chi connectivity index (χ0v) is 18.8. The molecule has 0 spiro atoms. The Hall–Kier alpha value is -3.30. The number of hydrogen-bond acceptors (Lipinski definition) is 6. The number of nitrogens with one attached hydrogen (secondary N) is 1. The van der Waals surface area contributed by atoms with Crippen LogP contribution in [-0.2, 0) is 6.54 Å². The lowest BCUT2D eigenvalue weighted by Gasteiger charge is -2.32. The number of hydrogen-bond donors (Lipinski definition) is 1. The first kappa shape index (κ1) is 23.4. The lowest BCUT2D eigenvalue weighted by molar-refractivity contribution is -0.384. The molecule has 3 aromatic rings. The fraction of sp³-hybridized carbons (Fsp3) is 0.391. The van der Waals surface area contributed by atoms with Crippen molar-refractivity contribution in [3.63, 3.8) is 0 Å². The minimum absolute atomic E-state index is 0.119. The molecule has 0 radical (unpaired) electrons. The Bertz CT molecular complexity index is 1070. The van der Waals surface area contributed by atoms with Gasteiger partial charge in [0.05, 0.1) is 16.0 Å². The fourth-order valence-corrected chi connectivity index (χ4v) is 3.64. The van der Waals surface area contributed by atoms with Crippen LogP contribution in [0.5, 0.6) is 0 Å². The van der Waals surface area contributed by atoms with Gasteiger partial charge in [0.2, 0.25) is 5.95 Å². The molecular formula is C23H30N6O3. The molecule has 9 heteroatoms. The summed E-state index contributed by atoms with van der Waals surface area (Å²) in [6.07, 6.45) is 0. The Labute approximate surface area is 187 Å². The van der Waals surface area contributed by atoms with Crippen LogP contribution in [0, 0.1) is 10.1 Å². The summed E-state index contributed by atoms with van der Waals surface area (Å²) in [5.74, 6) is 0.0247. The number of likely N-dealkylation sites (N-methyl/N-ethyl adjacent to an activating group) is 1. The van der Waals surface area contributed by atoms with Crippen LogP contribution in [0.15, 0.2) is 48.5 Å². The number of nitrogens with zero attached hydrogens (tertiary/aromatic N) is 5. The van der Waals surface area contributed by atoms with E-state index in [2.05, 4.69) is 27.1 Å². The number of benzene rings is 2. The number of non-ortho nitro benzene ring substituents is 1. The monoisotopic (exact) mass is 438 g/mol. The van der Waals surface area contributed by atoms with Crippen molar-refractivity contribution in [3.05, 3.63) is 64.2 Å². The SMILES string of the molecule is CC.CN1CCN(CCn2c(NC(=O)c3cccc([N+](=O)[O-])c3)nc3ccccc32)CC1. The summed E-state index contributed by atoms with van der Waals surface area (Å²) in [6, 6.07) is 13.4. The first-order chi connectivity index (χ1) is 15.5. The van der Waals surface area contributed by atoms with E-state index in [0.717, 1.165) is 43.8 Å². The number of fused-ring (bicyclic) bond motifs is 1. The third-order valence-electron chi connectivity index (χ3n) is 5.43. The molecule has 0 aliphatic carbocycles. The standard InChI is InChI=1S/C21H24N6O3.C2H6/c1-24-9-11-25(12-10-24)13-14-26-19-8-3-2-7-18(19)22-21(26)23-20(28)16-5-4-6-17(15-16)27(29)30;1-2/h2-8,15H,9-14H2,1H3,(H,22,23,28);1-2H3. The number of piperazine rings is 1. The van der Waals surface area contributed by atoms with Crippen LogP contribution in [-0.4, -0.2) is 70.0 Å². The van der Waals surface area contributed by atoms with Gasteiger partial charge in [0.25, 0.3) is 11.6 Å². The molecule has 1 N–H and O–H groups in total. The van der Waals surface area contributed by atoms with E-state index in [1.165, 1.54) is 18.2 Å². The van der Waals surface area contributed by atoms with Crippen LogP contribution < -0.4 is 5.32 Å². The summed E-state index contributed by atoms with van der Waals surface area (Å²) in [5, 5.41) is 13.9. The third-order valence-corrected chi connectivity index (χ3v) is 5.43. The number of imidazole rings is 1. The van der Waals surface area contributed by atoms with Gasteiger partial charge in [-0.15, -0.1) is 0 Å². The van der Waals surface area contributed by atoms with E-state index in [4.69, 9.17) is 0 Å². The first-order valence-corrected chi connectivity index (χ1v) is 10.9. The Balaban J connectivity index is 0.00000141. The Kier molecular flexibility index (Phi) is 7.91. The fourth-order valence-electron chi connectivity index (χ4n) is 3.64. The molecule has 1 saturated heterocycles. The first-order valence-electron chi connectivity index (χ1n) is 10.9. The van der Waals surface area contributed by atoms with Gasteiger partial charge in [-0.1, -0.05) is 32.0 Å². The summed E-state index contributed by atoms with van der Waals surface area (Å²) in [6.45, 7) is 9.65. The topological polar surface area (TPSA) is 96.5 Å². The number of carbonyl (C=O) groups excluding carboxylic acids is 1. The third kappa shape index (κ3) is 5.49. The predicted octanol–water partition coefficient (Wildman–Crippen LogP) is 3.47. The van der Waals surface area contributed by atoms with Crippen LogP contribution >= 0.6 is 0 Å². The summed E-state index contributed by atoms with van der Waals surface area (Å²) < 4.78 is 2.00. The summed E-state index contributed by atoms with van der Waals surface area (Å²) in [4.78, 5) is 32.6. The molecule has 0 unspecified atom stereocenters. The maximum atomic E-state index is 12.8. The normalized spacial score (nSPS) is 14.6. The van der Waals surface area contributed by atoms with Gasteiger partial charge in [-0.05, 0) is 25.2 Å². The second-order valence-corrected chi connectivity index (χ2v) is 7.48. The van der Waals surface area contributed by atoms with Crippen molar-refractivity contribution in [1.29, 1.82) is 0 Å². The predicted molar refractivity (Wildman–Crippen MR) is 126 cm³/mol. The number of carbonyl (C=O) groups is 1. The van der Waals surface area contributed by atoms with Gasteiger partial charge in [0, 0.05) is 57.0 Å². The lowest BCUT2D eigenvalue weighted by Crippen LogP contribution is -2.45. The van der Waals surface area contributed by atoms with Crippen molar-refractivity contribution in [2.75, 3.05) is 45.1 Å². The average molecular weight is 439 g/mol. The molecule has 1 amide bonds. The van der Waals surface area contributed by atoms with Gasteiger partial charge in [-0.3, -0.25) is 25.1 Å². The number of nitro groups is 1. The smallest absolute Gasteiger partial charge is 0.270 e. The Morgan fingerprint density at radius 1 is 1.06 bits per heavy atom. The second kappa shape index (κ2) is 10.8. The highest BCUT2D eigenvalue weighted by Crippen LogP contribution is 2.21. The molecule has 170 valence electrons. The molecule has 2 heterocycles. The summed E-state index contributed by atoms with van der Waals surface area (Å²) in [5.41, 5.74) is 1.85. The van der Waals surface area contributed by atoms with Gasteiger partial charge in [0.1, 0.15) is 0 Å². The van der Waals surface area contributed by atoms with E-state index >= 15 is 0 Å². The van der Waals surface area contributed by atoms with Crippen molar-refractivity contribution in [1.82, 2.24) is 19.4 Å². The zero-order valence-electron chi connectivity index (χ0n) is 18.8. The van der Waals surface area contributed by atoms with Gasteiger partial charge in [-0.2, -0.15) is 0 Å². The number of anilines is 1. The van der Waals surface area contributed by atoms with Crippen molar-refractivity contribution in [3.8, 4) is 0 Å². The van der Waals surface area contributed by atoms with E-state index in [0.29, 0.717) is 12.5 Å². The van der Waals surface area contributed by atoms with E-state index in [-0.39, 0.29) is 11.3 Å². The molecule has 32 heavy (non-hydrogen) atoms. The van der Waals surface area contributed by atoms with Gasteiger partial charge in [0.15, 0.2) is 0 Å². The second-order valence-electron chi connectivity index (χ2n) is 7.48. The van der Waals surface area contributed by atoms with Crippen molar-refractivity contribution in [2.45, 2.75) is 20.4 Å². The zero-order chi connectivity index (χ0) is 23.1.